The minimum atomic E-state index is -1.23. The minimum absolute atomic E-state index is 0.00922. The summed E-state index contributed by atoms with van der Waals surface area (Å²) >= 11 is 0. The number of nitrogens with one attached hydrogen (secondary N) is 2. The second-order valence-electron chi connectivity index (χ2n) is 8.51. The fourth-order valence-corrected chi connectivity index (χ4v) is 3.87. The van der Waals surface area contributed by atoms with Gasteiger partial charge in [0.05, 0.1) is 22.3 Å². The SMILES string of the molecule is O=C(C=Cc1cccc(NC(=O)c2ccccc2C(=O)O)c1)c1cccc(NC(=O)c2ccccc2C(=O)O)c1. The van der Waals surface area contributed by atoms with Gasteiger partial charge in [-0.1, -0.05) is 54.6 Å². The van der Waals surface area contributed by atoms with Crippen molar-refractivity contribution < 1.29 is 34.2 Å². The fraction of sp³-hybridized carbons (Fsp3) is 0. The van der Waals surface area contributed by atoms with Gasteiger partial charge < -0.3 is 20.8 Å². The van der Waals surface area contributed by atoms with E-state index in [9.17, 15) is 34.2 Å². The molecule has 0 saturated carbocycles. The molecule has 4 rings (SSSR count). The molecule has 0 aromatic heterocycles. The number of hydrogen-bond acceptors (Lipinski definition) is 5. The average Bonchev–Trinajstić information content (AvgIpc) is 2.96. The maximum absolute atomic E-state index is 12.8. The molecule has 4 N–H and O–H groups in total. The molecule has 0 fully saturated rings. The van der Waals surface area contributed by atoms with Crippen LogP contribution in [-0.4, -0.2) is 39.7 Å². The zero-order valence-corrected chi connectivity index (χ0v) is 20.8. The van der Waals surface area contributed by atoms with Crippen molar-refractivity contribution in [3.8, 4) is 0 Å². The van der Waals surface area contributed by atoms with Gasteiger partial charge in [-0.15, -0.1) is 0 Å². The number of carboxylic acids is 2. The Bertz CT molecular complexity index is 1670. The molecule has 4 aromatic carbocycles. The molecule has 4 aromatic rings. The minimum Gasteiger partial charge on any atom is -0.478 e. The highest BCUT2D eigenvalue weighted by Crippen LogP contribution is 2.18. The number of allylic oxidation sites excluding steroid dienone is 1. The van der Waals surface area contributed by atoms with Crippen LogP contribution in [0.2, 0.25) is 0 Å². The zero-order valence-electron chi connectivity index (χ0n) is 20.8. The number of benzene rings is 4. The third kappa shape index (κ3) is 6.53. The monoisotopic (exact) mass is 534 g/mol. The molecule has 0 aliphatic rings. The second kappa shape index (κ2) is 12.1. The largest absolute Gasteiger partial charge is 0.478 e. The molecule has 9 heteroatoms. The first-order valence-corrected chi connectivity index (χ1v) is 11.9. The number of carbonyl (C=O) groups excluding carboxylic acids is 3. The summed E-state index contributed by atoms with van der Waals surface area (Å²) in [5.41, 5.74) is 1.37. The molecule has 0 radical (unpaired) electrons. The first-order chi connectivity index (χ1) is 19.2. The van der Waals surface area contributed by atoms with E-state index < -0.39 is 23.8 Å². The van der Waals surface area contributed by atoms with Crippen molar-refractivity contribution in [2.75, 3.05) is 10.6 Å². The van der Waals surface area contributed by atoms with Crippen LogP contribution in [0.5, 0.6) is 0 Å². The highest BCUT2D eigenvalue weighted by Gasteiger charge is 2.17. The van der Waals surface area contributed by atoms with E-state index in [4.69, 9.17) is 0 Å². The summed E-state index contributed by atoms with van der Waals surface area (Å²) in [6.45, 7) is 0. The molecule has 198 valence electrons. The summed E-state index contributed by atoms with van der Waals surface area (Å²) in [7, 11) is 0. The van der Waals surface area contributed by atoms with Gasteiger partial charge in [0.1, 0.15) is 0 Å². The van der Waals surface area contributed by atoms with Crippen LogP contribution in [0.15, 0.2) is 103 Å². The van der Waals surface area contributed by atoms with Gasteiger partial charge in [-0.25, -0.2) is 9.59 Å². The number of carboxylic acid groups (broad SMARTS) is 2. The Kier molecular flexibility index (Phi) is 8.26. The molecule has 0 unspecified atom stereocenters. The van der Waals surface area contributed by atoms with Crippen LogP contribution in [0.4, 0.5) is 11.4 Å². The number of aromatic carboxylic acids is 2. The van der Waals surface area contributed by atoms with Crippen LogP contribution in [0.1, 0.15) is 57.4 Å². The van der Waals surface area contributed by atoms with E-state index >= 15 is 0 Å². The molecule has 0 bridgehead atoms. The number of amides is 2. The maximum Gasteiger partial charge on any atom is 0.336 e. The van der Waals surface area contributed by atoms with E-state index in [1.165, 1.54) is 48.5 Å². The lowest BCUT2D eigenvalue weighted by molar-refractivity contribution is 0.0683. The molecule has 0 saturated heterocycles. The number of hydrogen-bond donors (Lipinski definition) is 4. The predicted molar refractivity (Wildman–Crippen MR) is 149 cm³/mol. The van der Waals surface area contributed by atoms with Gasteiger partial charge >= 0.3 is 11.9 Å². The Balaban J connectivity index is 1.45. The molecule has 0 aliphatic carbocycles. The van der Waals surface area contributed by atoms with Crippen molar-refractivity contribution in [3.05, 3.63) is 137 Å². The molecule has 40 heavy (non-hydrogen) atoms. The maximum atomic E-state index is 12.8. The third-order valence-electron chi connectivity index (χ3n) is 5.78. The highest BCUT2D eigenvalue weighted by molar-refractivity contribution is 6.12. The van der Waals surface area contributed by atoms with Gasteiger partial charge in [0.25, 0.3) is 11.8 Å². The summed E-state index contributed by atoms with van der Waals surface area (Å²) in [5.74, 6) is -4.00. The number of rotatable bonds is 9. The average molecular weight is 535 g/mol. The highest BCUT2D eigenvalue weighted by atomic mass is 16.4. The molecule has 0 spiro atoms. The second-order valence-corrected chi connectivity index (χ2v) is 8.51. The number of carbonyl (C=O) groups is 5. The summed E-state index contributed by atoms with van der Waals surface area (Å²) in [6.07, 6.45) is 2.89. The van der Waals surface area contributed by atoms with Gasteiger partial charge in [-0.3, -0.25) is 14.4 Å². The van der Waals surface area contributed by atoms with Crippen LogP contribution >= 0.6 is 0 Å². The number of ketones is 1. The van der Waals surface area contributed by atoms with Crippen molar-refractivity contribution in [3.63, 3.8) is 0 Å². The molecule has 0 aliphatic heterocycles. The van der Waals surface area contributed by atoms with Crippen molar-refractivity contribution in [2.45, 2.75) is 0 Å². The molecular formula is C31H22N2O7. The third-order valence-corrected chi connectivity index (χ3v) is 5.78. The van der Waals surface area contributed by atoms with Crippen molar-refractivity contribution in [1.82, 2.24) is 0 Å². The van der Waals surface area contributed by atoms with Crippen LogP contribution in [0.25, 0.3) is 6.08 Å². The lowest BCUT2D eigenvalue weighted by Crippen LogP contribution is -2.16. The Hall–Kier alpha value is -5.83. The standard InChI is InChI=1S/C31H22N2O7/c34-27(20-8-6-10-22(18-20)33-29(36)24-12-2-4-14-26(24)31(39)40)16-15-19-7-5-9-21(17-19)32-28(35)23-11-1-3-13-25(23)30(37)38/h1-18H,(H,32,35)(H,33,36)(H,37,38)(H,39,40). The summed E-state index contributed by atoms with van der Waals surface area (Å²) in [5, 5.41) is 23.9. The lowest BCUT2D eigenvalue weighted by atomic mass is 10.1. The van der Waals surface area contributed by atoms with Crippen LogP contribution < -0.4 is 10.6 Å². The smallest absolute Gasteiger partial charge is 0.336 e. The van der Waals surface area contributed by atoms with Gasteiger partial charge in [-0.05, 0) is 60.2 Å². The predicted octanol–water partition coefficient (Wildman–Crippen LogP) is 5.48. The summed E-state index contributed by atoms with van der Waals surface area (Å²) in [6, 6.07) is 24.6. The van der Waals surface area contributed by atoms with Crippen LogP contribution in [0.3, 0.4) is 0 Å². The molecule has 2 amide bonds. The van der Waals surface area contributed by atoms with Crippen molar-refractivity contribution in [1.29, 1.82) is 0 Å². The quantitative estimate of drug-likeness (QED) is 0.164. The van der Waals surface area contributed by atoms with E-state index in [0.717, 1.165) is 0 Å². The lowest BCUT2D eigenvalue weighted by Gasteiger charge is -2.09. The van der Waals surface area contributed by atoms with Gasteiger partial charge in [0.15, 0.2) is 5.78 Å². The molecule has 0 atom stereocenters. The van der Waals surface area contributed by atoms with E-state index in [0.29, 0.717) is 16.9 Å². The van der Waals surface area contributed by atoms with Gasteiger partial charge in [0, 0.05) is 16.9 Å². The summed E-state index contributed by atoms with van der Waals surface area (Å²) < 4.78 is 0. The topological polar surface area (TPSA) is 150 Å². The van der Waals surface area contributed by atoms with E-state index in [1.54, 1.807) is 60.7 Å². The zero-order chi connectivity index (χ0) is 28.6. The first kappa shape index (κ1) is 27.2. The van der Waals surface area contributed by atoms with Gasteiger partial charge in [0.2, 0.25) is 0 Å². The van der Waals surface area contributed by atoms with Crippen molar-refractivity contribution in [2.24, 2.45) is 0 Å². The summed E-state index contributed by atoms with van der Waals surface area (Å²) in [4.78, 5) is 60.9. The Morgan fingerprint density at radius 3 is 1.55 bits per heavy atom. The normalized spacial score (nSPS) is 10.6. The van der Waals surface area contributed by atoms with E-state index in [2.05, 4.69) is 10.6 Å². The van der Waals surface area contributed by atoms with Crippen molar-refractivity contribution >= 4 is 47.0 Å². The Morgan fingerprint density at radius 1 is 0.550 bits per heavy atom. The fourth-order valence-electron chi connectivity index (χ4n) is 3.87. The van der Waals surface area contributed by atoms with E-state index in [1.807, 2.05) is 0 Å². The molecular weight excluding hydrogens is 512 g/mol. The Morgan fingerprint density at radius 2 is 1.02 bits per heavy atom. The molecule has 9 nitrogen and oxygen atoms in total. The Labute approximate surface area is 228 Å². The van der Waals surface area contributed by atoms with Gasteiger partial charge in [-0.2, -0.15) is 0 Å². The molecule has 0 heterocycles. The van der Waals surface area contributed by atoms with E-state index in [-0.39, 0.29) is 33.6 Å². The number of anilines is 2. The first-order valence-electron chi connectivity index (χ1n) is 11.9. The van der Waals surface area contributed by atoms with Crippen LogP contribution in [-0.2, 0) is 0 Å². The van der Waals surface area contributed by atoms with Crippen LogP contribution in [0, 0.1) is 0 Å².